The first-order valence-electron chi connectivity index (χ1n) is 5.03. The number of hydrogen-bond donors (Lipinski definition) is 2. The second-order valence-electron chi connectivity index (χ2n) is 3.80. The highest BCUT2D eigenvalue weighted by atomic mass is 16.3. The van der Waals surface area contributed by atoms with Gasteiger partial charge in [0.15, 0.2) is 0 Å². The van der Waals surface area contributed by atoms with E-state index in [1.807, 2.05) is 37.3 Å². The Morgan fingerprint density at radius 1 is 1.29 bits per heavy atom. The summed E-state index contributed by atoms with van der Waals surface area (Å²) in [4.78, 5) is 0. The highest BCUT2D eigenvalue weighted by molar-refractivity contribution is 5.17. The highest BCUT2D eigenvalue weighted by Gasteiger charge is 2.30. The maximum absolute atomic E-state index is 10.1. The van der Waals surface area contributed by atoms with Gasteiger partial charge in [0.1, 0.15) is 0 Å². The second kappa shape index (κ2) is 4.58. The predicted molar refractivity (Wildman–Crippen MR) is 57.1 cm³/mol. The lowest BCUT2D eigenvalue weighted by atomic mass is 9.87. The second-order valence-corrected chi connectivity index (χ2v) is 3.80. The van der Waals surface area contributed by atoms with E-state index in [-0.39, 0.29) is 0 Å². The molecule has 0 aromatic heterocycles. The molecule has 0 aliphatic carbocycles. The minimum absolute atomic E-state index is 0.502. The molecule has 2 atom stereocenters. The molecule has 1 aromatic carbocycles. The molecule has 2 heteroatoms. The van der Waals surface area contributed by atoms with Gasteiger partial charge >= 0.3 is 0 Å². The summed E-state index contributed by atoms with van der Waals surface area (Å²) in [6.45, 7) is 3.52. The molecule has 0 spiro atoms. The molecule has 0 aliphatic rings. The maximum atomic E-state index is 10.1. The number of hydrogen-bond acceptors (Lipinski definition) is 2. The van der Waals surface area contributed by atoms with E-state index in [0.29, 0.717) is 12.8 Å². The van der Waals surface area contributed by atoms with Crippen molar-refractivity contribution < 1.29 is 10.2 Å². The Hall–Kier alpha value is -0.860. The van der Waals surface area contributed by atoms with Crippen LogP contribution < -0.4 is 0 Å². The third-order valence-electron chi connectivity index (χ3n) is 2.74. The van der Waals surface area contributed by atoms with Crippen LogP contribution in [0.1, 0.15) is 25.8 Å². The molecule has 0 heterocycles. The summed E-state index contributed by atoms with van der Waals surface area (Å²) in [5.74, 6) is 0. The summed E-state index contributed by atoms with van der Waals surface area (Å²) in [6, 6.07) is 9.74. The van der Waals surface area contributed by atoms with Crippen LogP contribution in [0, 0.1) is 0 Å². The van der Waals surface area contributed by atoms with Crippen LogP contribution in [0.4, 0.5) is 0 Å². The lowest BCUT2D eigenvalue weighted by Crippen LogP contribution is -2.41. The van der Waals surface area contributed by atoms with Crippen LogP contribution in [-0.2, 0) is 6.42 Å². The minimum atomic E-state index is -0.999. The monoisotopic (exact) mass is 194 g/mol. The van der Waals surface area contributed by atoms with E-state index in [0.717, 1.165) is 5.56 Å². The van der Waals surface area contributed by atoms with E-state index in [4.69, 9.17) is 0 Å². The van der Waals surface area contributed by atoms with Gasteiger partial charge in [-0.05, 0) is 18.9 Å². The Labute approximate surface area is 85.2 Å². The van der Waals surface area contributed by atoms with Crippen molar-refractivity contribution in [2.24, 2.45) is 0 Å². The van der Waals surface area contributed by atoms with Crippen molar-refractivity contribution in [1.82, 2.24) is 0 Å². The van der Waals surface area contributed by atoms with E-state index in [1.165, 1.54) is 0 Å². The van der Waals surface area contributed by atoms with Crippen molar-refractivity contribution in [2.75, 3.05) is 0 Å². The molecule has 0 unspecified atom stereocenters. The fraction of sp³-hybridized carbons (Fsp3) is 0.500. The summed E-state index contributed by atoms with van der Waals surface area (Å²) in [5.41, 5.74) is 0.0548. The van der Waals surface area contributed by atoms with Gasteiger partial charge in [-0.2, -0.15) is 0 Å². The summed E-state index contributed by atoms with van der Waals surface area (Å²) in [5, 5.41) is 19.6. The van der Waals surface area contributed by atoms with Crippen molar-refractivity contribution in [3.8, 4) is 0 Å². The molecule has 0 amide bonds. The summed E-state index contributed by atoms with van der Waals surface area (Å²) in [6.07, 6.45) is 0.356. The number of aliphatic hydroxyl groups excluding tert-OH is 1. The molecule has 0 saturated heterocycles. The van der Waals surface area contributed by atoms with Crippen LogP contribution in [-0.4, -0.2) is 21.9 Å². The largest absolute Gasteiger partial charge is 0.390 e. The Kier molecular flexibility index (Phi) is 3.67. The quantitative estimate of drug-likeness (QED) is 0.766. The van der Waals surface area contributed by atoms with Crippen molar-refractivity contribution >= 4 is 0 Å². The van der Waals surface area contributed by atoms with Gasteiger partial charge in [0.2, 0.25) is 0 Å². The third kappa shape index (κ3) is 2.56. The molecule has 78 valence electrons. The van der Waals surface area contributed by atoms with E-state index in [2.05, 4.69) is 0 Å². The zero-order valence-electron chi connectivity index (χ0n) is 8.77. The Morgan fingerprint density at radius 3 is 2.29 bits per heavy atom. The molecule has 2 N–H and O–H groups in total. The van der Waals surface area contributed by atoms with Gasteiger partial charge in [0.05, 0.1) is 11.7 Å². The number of aliphatic hydroxyl groups is 2. The summed E-state index contributed by atoms with van der Waals surface area (Å²) in [7, 11) is 0. The Bertz CT molecular complexity index is 269. The standard InChI is InChI=1S/C12H18O2/c1-3-12(14,10(2)13)9-11-7-5-4-6-8-11/h4-8,10,13-14H,3,9H2,1-2H3/t10-,12-/m0/s1. The zero-order valence-corrected chi connectivity index (χ0v) is 8.77. The molecule has 1 rings (SSSR count). The van der Waals surface area contributed by atoms with Crippen LogP contribution in [0.3, 0.4) is 0 Å². The zero-order chi connectivity index (χ0) is 10.6. The topological polar surface area (TPSA) is 40.5 Å². The Balaban J connectivity index is 2.76. The molecule has 0 aliphatic heterocycles. The molecule has 0 fully saturated rings. The van der Waals surface area contributed by atoms with Crippen LogP contribution in [0.25, 0.3) is 0 Å². The highest BCUT2D eigenvalue weighted by Crippen LogP contribution is 2.21. The molecular formula is C12H18O2. The first-order chi connectivity index (χ1) is 6.58. The third-order valence-corrected chi connectivity index (χ3v) is 2.74. The van der Waals surface area contributed by atoms with Gasteiger partial charge < -0.3 is 10.2 Å². The molecule has 2 nitrogen and oxygen atoms in total. The van der Waals surface area contributed by atoms with Crippen molar-refractivity contribution in [1.29, 1.82) is 0 Å². The van der Waals surface area contributed by atoms with Gasteiger partial charge in [-0.3, -0.25) is 0 Å². The van der Waals surface area contributed by atoms with E-state index in [9.17, 15) is 10.2 Å². The fourth-order valence-electron chi connectivity index (χ4n) is 1.52. The van der Waals surface area contributed by atoms with Gasteiger partial charge in [0.25, 0.3) is 0 Å². The van der Waals surface area contributed by atoms with Gasteiger partial charge in [-0.15, -0.1) is 0 Å². The van der Waals surface area contributed by atoms with Crippen LogP contribution in [0.5, 0.6) is 0 Å². The molecular weight excluding hydrogens is 176 g/mol. The van der Waals surface area contributed by atoms with E-state index < -0.39 is 11.7 Å². The Morgan fingerprint density at radius 2 is 1.86 bits per heavy atom. The van der Waals surface area contributed by atoms with E-state index in [1.54, 1.807) is 6.92 Å². The van der Waals surface area contributed by atoms with Gasteiger partial charge in [-0.1, -0.05) is 37.3 Å². The first kappa shape index (κ1) is 11.2. The lowest BCUT2D eigenvalue weighted by molar-refractivity contribution is -0.0679. The van der Waals surface area contributed by atoms with Gasteiger partial charge in [0, 0.05) is 6.42 Å². The molecule has 0 saturated carbocycles. The normalized spacial score (nSPS) is 17.4. The summed E-state index contributed by atoms with van der Waals surface area (Å²) < 4.78 is 0. The summed E-state index contributed by atoms with van der Waals surface area (Å²) >= 11 is 0. The van der Waals surface area contributed by atoms with Crippen LogP contribution in [0.2, 0.25) is 0 Å². The molecule has 14 heavy (non-hydrogen) atoms. The number of benzene rings is 1. The molecule has 0 bridgehead atoms. The minimum Gasteiger partial charge on any atom is -0.390 e. The van der Waals surface area contributed by atoms with Crippen molar-refractivity contribution in [3.05, 3.63) is 35.9 Å². The van der Waals surface area contributed by atoms with Gasteiger partial charge in [-0.25, -0.2) is 0 Å². The smallest absolute Gasteiger partial charge is 0.0940 e. The average Bonchev–Trinajstić information content (AvgIpc) is 2.19. The molecule has 1 aromatic rings. The lowest BCUT2D eigenvalue weighted by Gasteiger charge is -2.29. The average molecular weight is 194 g/mol. The van der Waals surface area contributed by atoms with Crippen LogP contribution >= 0.6 is 0 Å². The fourth-order valence-corrected chi connectivity index (χ4v) is 1.52. The predicted octanol–water partition coefficient (Wildman–Crippen LogP) is 1.75. The SMILES string of the molecule is CC[C@](O)(Cc1ccccc1)[C@H](C)O. The maximum Gasteiger partial charge on any atom is 0.0940 e. The molecule has 0 radical (unpaired) electrons. The number of rotatable bonds is 4. The van der Waals surface area contributed by atoms with Crippen molar-refractivity contribution in [3.63, 3.8) is 0 Å². The first-order valence-corrected chi connectivity index (χ1v) is 5.03. The van der Waals surface area contributed by atoms with Crippen molar-refractivity contribution in [2.45, 2.75) is 38.4 Å². The van der Waals surface area contributed by atoms with Crippen LogP contribution in [0.15, 0.2) is 30.3 Å². The van der Waals surface area contributed by atoms with E-state index >= 15 is 0 Å².